The van der Waals surface area contributed by atoms with Gasteiger partial charge >= 0.3 is 0 Å². The Kier molecular flexibility index (Phi) is 6.00. The molecule has 0 radical (unpaired) electrons. The van der Waals surface area contributed by atoms with Gasteiger partial charge in [0, 0.05) is 23.6 Å². The highest BCUT2D eigenvalue weighted by molar-refractivity contribution is 9.10. The molecule has 1 atom stereocenters. The maximum absolute atomic E-state index is 5.89. The molecule has 17 heavy (non-hydrogen) atoms. The van der Waals surface area contributed by atoms with Crippen LogP contribution in [0.25, 0.3) is 0 Å². The Bertz CT molecular complexity index is 344. The summed E-state index contributed by atoms with van der Waals surface area (Å²) in [6.07, 6.45) is 2.34. The largest absolute Gasteiger partial charge is 0.371 e. The quantitative estimate of drug-likeness (QED) is 0.857. The molecule has 0 aliphatic rings. The molecule has 96 valence electrons. The Labute approximate surface area is 113 Å². The monoisotopic (exact) mass is 298 g/mol. The number of nitrogens with zero attached hydrogens (tertiary/aromatic N) is 1. The van der Waals surface area contributed by atoms with Crippen molar-refractivity contribution in [1.29, 1.82) is 0 Å². The van der Waals surface area contributed by atoms with Crippen molar-refractivity contribution < 1.29 is 0 Å². The number of halogens is 1. The van der Waals surface area contributed by atoms with E-state index in [1.54, 1.807) is 0 Å². The summed E-state index contributed by atoms with van der Waals surface area (Å²) in [5, 5.41) is 0. The average Bonchev–Trinajstić information content (AvgIpc) is 2.28. The lowest BCUT2D eigenvalue weighted by molar-refractivity contribution is 0.742. The molecule has 0 amide bonds. The summed E-state index contributed by atoms with van der Waals surface area (Å²) < 4.78 is 1.15. The fourth-order valence-electron chi connectivity index (χ4n) is 1.96. The van der Waals surface area contributed by atoms with Crippen molar-refractivity contribution in [1.82, 2.24) is 0 Å². The van der Waals surface area contributed by atoms with Crippen LogP contribution in [0.15, 0.2) is 22.7 Å². The first-order valence-electron chi connectivity index (χ1n) is 6.40. The third-order valence-electron chi connectivity index (χ3n) is 2.83. The second-order valence-electron chi connectivity index (χ2n) is 4.49. The Hall–Kier alpha value is -0.540. The van der Waals surface area contributed by atoms with E-state index in [1.165, 1.54) is 24.1 Å². The number of hydrogen-bond donors (Lipinski definition) is 1. The molecular formula is C14H23BrN2. The van der Waals surface area contributed by atoms with Gasteiger partial charge in [0.05, 0.1) is 5.69 Å². The SMILES string of the molecule is CCCN(CCC)c1ccc([C@@H](C)N)cc1Br. The van der Waals surface area contributed by atoms with Gasteiger partial charge in [-0.2, -0.15) is 0 Å². The fourth-order valence-corrected chi connectivity index (χ4v) is 2.60. The van der Waals surface area contributed by atoms with Gasteiger partial charge in [-0.25, -0.2) is 0 Å². The topological polar surface area (TPSA) is 29.3 Å². The molecule has 1 aromatic rings. The minimum Gasteiger partial charge on any atom is -0.371 e. The van der Waals surface area contributed by atoms with Crippen LogP contribution in [0, 0.1) is 0 Å². The molecule has 0 bridgehead atoms. The number of rotatable bonds is 6. The van der Waals surface area contributed by atoms with E-state index in [2.05, 4.69) is 52.9 Å². The van der Waals surface area contributed by atoms with Crippen molar-refractivity contribution >= 4 is 21.6 Å². The van der Waals surface area contributed by atoms with Crippen LogP contribution in [-0.4, -0.2) is 13.1 Å². The molecule has 0 aliphatic heterocycles. The van der Waals surface area contributed by atoms with E-state index >= 15 is 0 Å². The Morgan fingerprint density at radius 2 is 1.82 bits per heavy atom. The molecule has 2 N–H and O–H groups in total. The fraction of sp³-hybridized carbons (Fsp3) is 0.571. The molecule has 0 aromatic heterocycles. The molecule has 2 nitrogen and oxygen atoms in total. The van der Waals surface area contributed by atoms with Crippen molar-refractivity contribution in [3.63, 3.8) is 0 Å². The third kappa shape index (κ3) is 4.00. The summed E-state index contributed by atoms with van der Waals surface area (Å²) in [7, 11) is 0. The summed E-state index contributed by atoms with van der Waals surface area (Å²) in [5.74, 6) is 0. The van der Waals surface area contributed by atoms with Gasteiger partial charge in [-0.15, -0.1) is 0 Å². The van der Waals surface area contributed by atoms with E-state index in [1.807, 2.05) is 6.92 Å². The van der Waals surface area contributed by atoms with Crippen LogP contribution in [-0.2, 0) is 0 Å². The van der Waals surface area contributed by atoms with Gasteiger partial charge < -0.3 is 10.6 Å². The highest BCUT2D eigenvalue weighted by Gasteiger charge is 2.10. The van der Waals surface area contributed by atoms with Gasteiger partial charge in [0.2, 0.25) is 0 Å². The van der Waals surface area contributed by atoms with Crippen LogP contribution in [0.3, 0.4) is 0 Å². The van der Waals surface area contributed by atoms with Gasteiger partial charge in [-0.3, -0.25) is 0 Å². The van der Waals surface area contributed by atoms with E-state index in [4.69, 9.17) is 5.73 Å². The Balaban J connectivity index is 2.95. The van der Waals surface area contributed by atoms with Gasteiger partial charge in [0.1, 0.15) is 0 Å². The van der Waals surface area contributed by atoms with E-state index in [0.717, 1.165) is 17.6 Å². The third-order valence-corrected chi connectivity index (χ3v) is 3.46. The van der Waals surface area contributed by atoms with Crippen LogP contribution in [0.5, 0.6) is 0 Å². The van der Waals surface area contributed by atoms with Crippen LogP contribution in [0.2, 0.25) is 0 Å². The number of benzene rings is 1. The summed E-state index contributed by atoms with van der Waals surface area (Å²) in [4.78, 5) is 2.43. The van der Waals surface area contributed by atoms with Gasteiger partial charge in [-0.1, -0.05) is 19.9 Å². The molecule has 0 heterocycles. The summed E-state index contributed by atoms with van der Waals surface area (Å²) in [6.45, 7) is 8.64. The highest BCUT2D eigenvalue weighted by Crippen LogP contribution is 2.29. The second-order valence-corrected chi connectivity index (χ2v) is 5.34. The first-order chi connectivity index (χ1) is 8.10. The molecule has 1 rings (SSSR count). The van der Waals surface area contributed by atoms with E-state index in [0.29, 0.717) is 0 Å². The molecule has 0 aliphatic carbocycles. The standard InChI is InChI=1S/C14H23BrN2/c1-4-8-17(9-5-2)14-7-6-12(11(3)16)10-13(14)15/h6-7,10-11H,4-5,8-9,16H2,1-3H3/t11-/m1/s1. The summed E-state index contributed by atoms with van der Waals surface area (Å²) in [6, 6.07) is 6.53. The zero-order chi connectivity index (χ0) is 12.8. The normalized spacial score (nSPS) is 12.5. The number of nitrogens with two attached hydrogens (primary N) is 1. The van der Waals surface area contributed by atoms with E-state index in [9.17, 15) is 0 Å². The highest BCUT2D eigenvalue weighted by atomic mass is 79.9. The zero-order valence-electron chi connectivity index (χ0n) is 11.0. The lowest BCUT2D eigenvalue weighted by Crippen LogP contribution is -2.25. The first kappa shape index (κ1) is 14.5. The van der Waals surface area contributed by atoms with Gasteiger partial charge in [0.25, 0.3) is 0 Å². The average molecular weight is 299 g/mol. The minimum absolute atomic E-state index is 0.0890. The molecular weight excluding hydrogens is 276 g/mol. The number of hydrogen-bond acceptors (Lipinski definition) is 2. The van der Waals surface area contributed by atoms with Crippen molar-refractivity contribution in [2.75, 3.05) is 18.0 Å². The lowest BCUT2D eigenvalue weighted by Gasteiger charge is -2.25. The van der Waals surface area contributed by atoms with Crippen LogP contribution >= 0.6 is 15.9 Å². The molecule has 0 unspecified atom stereocenters. The van der Waals surface area contributed by atoms with Crippen LogP contribution < -0.4 is 10.6 Å². The smallest absolute Gasteiger partial charge is 0.0510 e. The number of anilines is 1. The summed E-state index contributed by atoms with van der Waals surface area (Å²) >= 11 is 3.66. The molecule has 3 heteroatoms. The maximum Gasteiger partial charge on any atom is 0.0510 e. The lowest BCUT2D eigenvalue weighted by atomic mass is 10.1. The van der Waals surface area contributed by atoms with E-state index in [-0.39, 0.29) is 6.04 Å². The van der Waals surface area contributed by atoms with Crippen LogP contribution in [0.4, 0.5) is 5.69 Å². The summed E-state index contributed by atoms with van der Waals surface area (Å²) in [5.41, 5.74) is 8.34. The zero-order valence-corrected chi connectivity index (χ0v) is 12.6. The molecule has 0 fully saturated rings. The Morgan fingerprint density at radius 1 is 1.24 bits per heavy atom. The molecule has 0 saturated heterocycles. The van der Waals surface area contributed by atoms with Crippen molar-refractivity contribution in [3.05, 3.63) is 28.2 Å². The molecule has 1 aromatic carbocycles. The van der Waals surface area contributed by atoms with Gasteiger partial charge in [0.15, 0.2) is 0 Å². The van der Waals surface area contributed by atoms with Crippen molar-refractivity contribution in [2.24, 2.45) is 5.73 Å². The van der Waals surface area contributed by atoms with Crippen LogP contribution in [0.1, 0.15) is 45.2 Å². The first-order valence-corrected chi connectivity index (χ1v) is 7.19. The van der Waals surface area contributed by atoms with Crippen molar-refractivity contribution in [2.45, 2.75) is 39.7 Å². The second kappa shape index (κ2) is 7.02. The predicted octanol–water partition coefficient (Wildman–Crippen LogP) is 4.10. The van der Waals surface area contributed by atoms with Crippen molar-refractivity contribution in [3.8, 4) is 0 Å². The van der Waals surface area contributed by atoms with Gasteiger partial charge in [-0.05, 0) is 53.4 Å². The maximum atomic E-state index is 5.89. The minimum atomic E-state index is 0.0890. The Morgan fingerprint density at radius 3 is 2.24 bits per heavy atom. The molecule has 0 spiro atoms. The predicted molar refractivity (Wildman–Crippen MR) is 79.5 cm³/mol. The molecule has 0 saturated carbocycles. The van der Waals surface area contributed by atoms with E-state index < -0.39 is 0 Å².